The minimum Gasteiger partial charge on any atom is -0.496 e. The van der Waals surface area contributed by atoms with Crippen molar-refractivity contribution in [2.45, 2.75) is 46.1 Å². The van der Waals surface area contributed by atoms with Crippen LogP contribution in [-0.4, -0.2) is 19.7 Å². The predicted octanol–water partition coefficient (Wildman–Crippen LogP) is 3.24. The highest BCUT2D eigenvalue weighted by molar-refractivity contribution is 5.43. The monoisotopic (exact) mass is 247 g/mol. The fourth-order valence-corrected chi connectivity index (χ4v) is 2.92. The van der Waals surface area contributed by atoms with Crippen molar-refractivity contribution in [1.82, 2.24) is 5.32 Å². The number of hydrogen-bond donors (Lipinski definition) is 1. The van der Waals surface area contributed by atoms with Gasteiger partial charge in [-0.05, 0) is 75.3 Å². The fourth-order valence-electron chi connectivity index (χ4n) is 2.92. The van der Waals surface area contributed by atoms with Crippen molar-refractivity contribution >= 4 is 0 Å². The van der Waals surface area contributed by atoms with Crippen LogP contribution in [-0.2, 0) is 6.42 Å². The number of aryl methyl sites for hydroxylation is 2. The third-order valence-electron chi connectivity index (χ3n) is 4.05. The molecule has 0 bridgehead atoms. The molecule has 2 nitrogen and oxygen atoms in total. The van der Waals surface area contributed by atoms with E-state index in [1.807, 2.05) is 0 Å². The topological polar surface area (TPSA) is 21.3 Å². The molecule has 1 aromatic carbocycles. The summed E-state index contributed by atoms with van der Waals surface area (Å²) in [5.74, 6) is 1.81. The summed E-state index contributed by atoms with van der Waals surface area (Å²) < 4.78 is 5.55. The van der Waals surface area contributed by atoms with E-state index in [1.165, 1.54) is 29.5 Å². The first kappa shape index (κ1) is 13.4. The van der Waals surface area contributed by atoms with E-state index in [4.69, 9.17) is 4.74 Å². The lowest BCUT2D eigenvalue weighted by molar-refractivity contribution is 0.317. The van der Waals surface area contributed by atoms with E-state index in [0.29, 0.717) is 6.04 Å². The second-order valence-electron chi connectivity index (χ2n) is 5.72. The molecule has 0 aliphatic carbocycles. The molecule has 1 aliphatic rings. The first-order valence-electron chi connectivity index (χ1n) is 6.97. The first-order chi connectivity index (χ1) is 8.60. The molecular formula is C16H25NO. The van der Waals surface area contributed by atoms with E-state index in [2.05, 4.69) is 38.2 Å². The Bertz CT molecular complexity index is 406. The standard InChI is InChI=1S/C16H25NO/c1-11-7-12(2)15(16(8-11)18-4)9-14-6-5-13(3)17-10-14/h7-8,13-14,17H,5-6,9-10H2,1-4H3. The Hall–Kier alpha value is -1.02. The van der Waals surface area contributed by atoms with Crippen LogP contribution in [0.3, 0.4) is 0 Å². The van der Waals surface area contributed by atoms with Gasteiger partial charge in [0.05, 0.1) is 7.11 Å². The molecule has 1 fully saturated rings. The molecule has 1 N–H and O–H groups in total. The molecule has 0 aromatic heterocycles. The highest BCUT2D eigenvalue weighted by Crippen LogP contribution is 2.29. The van der Waals surface area contributed by atoms with Gasteiger partial charge < -0.3 is 10.1 Å². The van der Waals surface area contributed by atoms with Crippen LogP contribution in [0.1, 0.15) is 36.5 Å². The average molecular weight is 247 g/mol. The van der Waals surface area contributed by atoms with E-state index in [1.54, 1.807) is 7.11 Å². The third kappa shape index (κ3) is 3.05. The zero-order valence-electron chi connectivity index (χ0n) is 12.0. The highest BCUT2D eigenvalue weighted by atomic mass is 16.5. The maximum absolute atomic E-state index is 5.55. The number of piperidine rings is 1. The van der Waals surface area contributed by atoms with Gasteiger partial charge in [0.1, 0.15) is 5.75 Å². The van der Waals surface area contributed by atoms with Gasteiger partial charge in [0.15, 0.2) is 0 Å². The summed E-state index contributed by atoms with van der Waals surface area (Å²) in [5, 5.41) is 3.58. The third-order valence-corrected chi connectivity index (χ3v) is 4.05. The van der Waals surface area contributed by atoms with Gasteiger partial charge in [0, 0.05) is 6.04 Å². The predicted molar refractivity (Wildman–Crippen MR) is 76.4 cm³/mol. The first-order valence-corrected chi connectivity index (χ1v) is 6.97. The summed E-state index contributed by atoms with van der Waals surface area (Å²) in [4.78, 5) is 0. The Morgan fingerprint density at radius 1 is 1.28 bits per heavy atom. The zero-order valence-corrected chi connectivity index (χ0v) is 12.0. The molecule has 0 saturated carbocycles. The molecule has 1 saturated heterocycles. The second-order valence-corrected chi connectivity index (χ2v) is 5.72. The van der Waals surface area contributed by atoms with Gasteiger partial charge in [0.2, 0.25) is 0 Å². The van der Waals surface area contributed by atoms with Gasteiger partial charge in [-0.25, -0.2) is 0 Å². The van der Waals surface area contributed by atoms with Gasteiger partial charge in [-0.3, -0.25) is 0 Å². The van der Waals surface area contributed by atoms with Gasteiger partial charge in [-0.15, -0.1) is 0 Å². The summed E-state index contributed by atoms with van der Waals surface area (Å²) >= 11 is 0. The lowest BCUT2D eigenvalue weighted by Crippen LogP contribution is -2.37. The summed E-state index contributed by atoms with van der Waals surface area (Å²) in [5.41, 5.74) is 4.04. The van der Waals surface area contributed by atoms with Crippen LogP contribution in [0.4, 0.5) is 0 Å². The van der Waals surface area contributed by atoms with Crippen LogP contribution in [0.5, 0.6) is 5.75 Å². The fraction of sp³-hybridized carbons (Fsp3) is 0.625. The molecular weight excluding hydrogens is 222 g/mol. The maximum Gasteiger partial charge on any atom is 0.122 e. The quantitative estimate of drug-likeness (QED) is 0.885. The zero-order chi connectivity index (χ0) is 13.1. The highest BCUT2D eigenvalue weighted by Gasteiger charge is 2.20. The largest absolute Gasteiger partial charge is 0.496 e. The number of ether oxygens (including phenoxy) is 1. The van der Waals surface area contributed by atoms with Crippen molar-refractivity contribution in [3.8, 4) is 5.75 Å². The van der Waals surface area contributed by atoms with Gasteiger partial charge >= 0.3 is 0 Å². The molecule has 1 aromatic rings. The smallest absolute Gasteiger partial charge is 0.122 e. The van der Waals surface area contributed by atoms with E-state index in [-0.39, 0.29) is 0 Å². The lowest BCUT2D eigenvalue weighted by Gasteiger charge is -2.28. The van der Waals surface area contributed by atoms with Gasteiger partial charge in [-0.2, -0.15) is 0 Å². The Kier molecular flexibility index (Phi) is 4.28. The molecule has 0 amide bonds. The number of hydrogen-bond acceptors (Lipinski definition) is 2. The van der Waals surface area contributed by atoms with Crippen LogP contribution >= 0.6 is 0 Å². The SMILES string of the molecule is COc1cc(C)cc(C)c1CC1CCC(C)NC1. The Labute approximate surface area is 111 Å². The second kappa shape index (κ2) is 5.75. The summed E-state index contributed by atoms with van der Waals surface area (Å²) in [6.45, 7) is 7.73. The van der Waals surface area contributed by atoms with Crippen LogP contribution in [0.25, 0.3) is 0 Å². The number of rotatable bonds is 3. The Morgan fingerprint density at radius 3 is 2.67 bits per heavy atom. The van der Waals surface area contributed by atoms with Crippen LogP contribution in [0.2, 0.25) is 0 Å². The molecule has 2 rings (SSSR count). The molecule has 100 valence electrons. The summed E-state index contributed by atoms with van der Waals surface area (Å²) in [6, 6.07) is 5.10. The molecule has 0 radical (unpaired) electrons. The van der Waals surface area contributed by atoms with Crippen molar-refractivity contribution in [3.05, 3.63) is 28.8 Å². The van der Waals surface area contributed by atoms with Crippen LogP contribution < -0.4 is 10.1 Å². The van der Waals surface area contributed by atoms with E-state index < -0.39 is 0 Å². The molecule has 0 spiro atoms. The summed E-state index contributed by atoms with van der Waals surface area (Å²) in [7, 11) is 1.78. The number of nitrogens with one attached hydrogen (secondary N) is 1. The Morgan fingerprint density at radius 2 is 2.06 bits per heavy atom. The molecule has 1 heterocycles. The van der Waals surface area contributed by atoms with Gasteiger partial charge in [-0.1, -0.05) is 6.07 Å². The normalized spacial score (nSPS) is 24.0. The minimum atomic E-state index is 0.683. The van der Waals surface area contributed by atoms with Crippen molar-refractivity contribution in [2.75, 3.05) is 13.7 Å². The van der Waals surface area contributed by atoms with Crippen molar-refractivity contribution in [3.63, 3.8) is 0 Å². The number of methoxy groups -OCH3 is 1. The van der Waals surface area contributed by atoms with Crippen LogP contribution in [0.15, 0.2) is 12.1 Å². The minimum absolute atomic E-state index is 0.683. The van der Waals surface area contributed by atoms with Crippen molar-refractivity contribution in [2.24, 2.45) is 5.92 Å². The molecule has 2 heteroatoms. The van der Waals surface area contributed by atoms with Crippen molar-refractivity contribution < 1.29 is 4.74 Å². The number of benzene rings is 1. The maximum atomic E-state index is 5.55. The van der Waals surface area contributed by atoms with Gasteiger partial charge in [0.25, 0.3) is 0 Å². The Balaban J connectivity index is 2.13. The lowest BCUT2D eigenvalue weighted by atomic mass is 9.87. The van der Waals surface area contributed by atoms with E-state index in [0.717, 1.165) is 24.6 Å². The molecule has 2 unspecified atom stereocenters. The van der Waals surface area contributed by atoms with E-state index in [9.17, 15) is 0 Å². The molecule has 1 aliphatic heterocycles. The average Bonchev–Trinajstić information content (AvgIpc) is 2.34. The molecule has 2 atom stereocenters. The van der Waals surface area contributed by atoms with Crippen LogP contribution in [0, 0.1) is 19.8 Å². The van der Waals surface area contributed by atoms with Crippen molar-refractivity contribution in [1.29, 1.82) is 0 Å². The summed E-state index contributed by atoms with van der Waals surface area (Å²) in [6.07, 6.45) is 3.75. The van der Waals surface area contributed by atoms with E-state index >= 15 is 0 Å². The molecule has 18 heavy (non-hydrogen) atoms.